The molecule has 5 heteroatoms. The standard InChI is InChI=1S/C16H26N4O/c1-10-9-13(6-7-17-10)16(21)20-8-4-5-14(20)15-11(2)18-19-12(15)3/h10,13-14,17H,4-9H2,1-3H3,(H,18,19)/t10-,13-,14?/m0/s1. The third-order valence-corrected chi connectivity index (χ3v) is 5.03. The van der Waals surface area contributed by atoms with Gasteiger partial charge in [0.2, 0.25) is 5.91 Å². The van der Waals surface area contributed by atoms with Crippen LogP contribution in [0.5, 0.6) is 0 Å². The van der Waals surface area contributed by atoms with E-state index in [9.17, 15) is 4.79 Å². The van der Waals surface area contributed by atoms with Gasteiger partial charge < -0.3 is 10.2 Å². The molecular weight excluding hydrogens is 264 g/mol. The van der Waals surface area contributed by atoms with Gasteiger partial charge >= 0.3 is 0 Å². The summed E-state index contributed by atoms with van der Waals surface area (Å²) in [6.07, 6.45) is 4.09. The molecular formula is C16H26N4O. The van der Waals surface area contributed by atoms with Crippen LogP contribution in [0.25, 0.3) is 0 Å². The number of piperidine rings is 1. The van der Waals surface area contributed by atoms with E-state index in [0.717, 1.165) is 50.2 Å². The molecule has 1 unspecified atom stereocenters. The quantitative estimate of drug-likeness (QED) is 0.876. The smallest absolute Gasteiger partial charge is 0.226 e. The zero-order valence-corrected chi connectivity index (χ0v) is 13.3. The average Bonchev–Trinajstić information content (AvgIpc) is 3.05. The molecule has 0 aliphatic carbocycles. The average molecular weight is 290 g/mol. The maximum atomic E-state index is 12.9. The first-order chi connectivity index (χ1) is 10.1. The summed E-state index contributed by atoms with van der Waals surface area (Å²) in [5.74, 6) is 0.542. The second kappa shape index (κ2) is 5.79. The Labute approximate surface area is 126 Å². The van der Waals surface area contributed by atoms with E-state index in [2.05, 4.69) is 34.3 Å². The molecule has 3 heterocycles. The summed E-state index contributed by atoms with van der Waals surface area (Å²) < 4.78 is 0. The number of H-pyrrole nitrogens is 1. The van der Waals surface area contributed by atoms with E-state index in [1.807, 2.05) is 6.92 Å². The Bertz CT molecular complexity index is 505. The molecule has 1 aromatic heterocycles. The van der Waals surface area contributed by atoms with Gasteiger partial charge in [-0.25, -0.2) is 0 Å². The molecule has 2 fully saturated rings. The van der Waals surface area contributed by atoms with E-state index in [0.29, 0.717) is 11.9 Å². The third kappa shape index (κ3) is 2.71. The predicted molar refractivity (Wildman–Crippen MR) is 81.9 cm³/mol. The van der Waals surface area contributed by atoms with Crippen molar-refractivity contribution in [2.45, 2.75) is 58.5 Å². The molecule has 116 valence electrons. The van der Waals surface area contributed by atoms with Crippen molar-refractivity contribution < 1.29 is 4.79 Å². The first kappa shape index (κ1) is 14.6. The number of carbonyl (C=O) groups is 1. The van der Waals surface area contributed by atoms with Gasteiger partial charge in [-0.3, -0.25) is 9.89 Å². The van der Waals surface area contributed by atoms with Crippen LogP contribution in [0.15, 0.2) is 0 Å². The van der Waals surface area contributed by atoms with E-state index in [1.165, 1.54) is 5.56 Å². The number of hydrogen-bond acceptors (Lipinski definition) is 3. The maximum absolute atomic E-state index is 12.9. The predicted octanol–water partition coefficient (Wildman–Crippen LogP) is 2.08. The van der Waals surface area contributed by atoms with Gasteiger partial charge in [0, 0.05) is 29.8 Å². The first-order valence-electron chi connectivity index (χ1n) is 8.13. The molecule has 2 aliphatic heterocycles. The van der Waals surface area contributed by atoms with Crippen LogP contribution in [0, 0.1) is 19.8 Å². The van der Waals surface area contributed by atoms with Crippen molar-refractivity contribution in [2.75, 3.05) is 13.1 Å². The monoisotopic (exact) mass is 290 g/mol. The fourth-order valence-electron chi connectivity index (χ4n) is 3.97. The lowest BCUT2D eigenvalue weighted by Gasteiger charge is -2.33. The summed E-state index contributed by atoms with van der Waals surface area (Å²) >= 11 is 0. The lowest BCUT2D eigenvalue weighted by atomic mass is 9.91. The zero-order chi connectivity index (χ0) is 15.0. The van der Waals surface area contributed by atoms with Crippen LogP contribution in [-0.2, 0) is 4.79 Å². The number of carbonyl (C=O) groups excluding carboxylic acids is 1. The largest absolute Gasteiger partial charge is 0.335 e. The summed E-state index contributed by atoms with van der Waals surface area (Å²) in [5.41, 5.74) is 3.38. The van der Waals surface area contributed by atoms with Crippen LogP contribution in [0.2, 0.25) is 0 Å². The molecule has 1 amide bonds. The van der Waals surface area contributed by atoms with E-state index in [4.69, 9.17) is 0 Å². The second-order valence-corrected chi connectivity index (χ2v) is 6.61. The first-order valence-corrected chi connectivity index (χ1v) is 8.13. The highest BCUT2D eigenvalue weighted by atomic mass is 16.2. The zero-order valence-electron chi connectivity index (χ0n) is 13.3. The molecule has 0 bridgehead atoms. The van der Waals surface area contributed by atoms with Gasteiger partial charge in [-0.2, -0.15) is 5.10 Å². The molecule has 5 nitrogen and oxygen atoms in total. The van der Waals surface area contributed by atoms with Crippen LogP contribution in [0.4, 0.5) is 0 Å². The van der Waals surface area contributed by atoms with E-state index in [-0.39, 0.29) is 12.0 Å². The minimum absolute atomic E-state index is 0.189. The molecule has 0 radical (unpaired) electrons. The molecule has 21 heavy (non-hydrogen) atoms. The van der Waals surface area contributed by atoms with Crippen LogP contribution < -0.4 is 5.32 Å². The number of nitrogens with one attached hydrogen (secondary N) is 2. The number of likely N-dealkylation sites (tertiary alicyclic amines) is 1. The molecule has 3 atom stereocenters. The van der Waals surface area contributed by atoms with E-state index in [1.54, 1.807) is 0 Å². The van der Waals surface area contributed by atoms with E-state index >= 15 is 0 Å². The number of aryl methyl sites for hydroxylation is 2. The van der Waals surface area contributed by atoms with Gasteiger partial charge in [0.05, 0.1) is 11.7 Å². The van der Waals surface area contributed by atoms with Gasteiger partial charge in [0.1, 0.15) is 0 Å². The Kier molecular flexibility index (Phi) is 4.02. The normalized spacial score (nSPS) is 29.9. The Morgan fingerprint density at radius 1 is 1.33 bits per heavy atom. The van der Waals surface area contributed by atoms with Crippen molar-refractivity contribution >= 4 is 5.91 Å². The van der Waals surface area contributed by atoms with Gasteiger partial charge in [0.15, 0.2) is 0 Å². The molecule has 2 aliphatic rings. The molecule has 1 aromatic rings. The summed E-state index contributed by atoms with van der Waals surface area (Å²) in [5, 5.41) is 10.8. The number of aromatic amines is 1. The lowest BCUT2D eigenvalue weighted by Crippen LogP contribution is -2.44. The van der Waals surface area contributed by atoms with Crippen molar-refractivity contribution in [3.8, 4) is 0 Å². The third-order valence-electron chi connectivity index (χ3n) is 5.03. The maximum Gasteiger partial charge on any atom is 0.226 e. The molecule has 0 saturated carbocycles. The lowest BCUT2D eigenvalue weighted by molar-refractivity contribution is -0.137. The van der Waals surface area contributed by atoms with Crippen molar-refractivity contribution in [1.29, 1.82) is 0 Å². The summed E-state index contributed by atoms with van der Waals surface area (Å²) in [6.45, 7) is 8.12. The Balaban J connectivity index is 1.79. The highest BCUT2D eigenvalue weighted by Crippen LogP contribution is 2.36. The number of amides is 1. The van der Waals surface area contributed by atoms with Crippen LogP contribution >= 0.6 is 0 Å². The van der Waals surface area contributed by atoms with Gasteiger partial charge in [-0.05, 0) is 53.0 Å². The van der Waals surface area contributed by atoms with Crippen molar-refractivity contribution in [1.82, 2.24) is 20.4 Å². The van der Waals surface area contributed by atoms with Crippen LogP contribution in [0.1, 0.15) is 55.6 Å². The van der Waals surface area contributed by atoms with Gasteiger partial charge in [-0.1, -0.05) is 0 Å². The minimum Gasteiger partial charge on any atom is -0.335 e. The van der Waals surface area contributed by atoms with Crippen molar-refractivity contribution in [3.05, 3.63) is 17.0 Å². The van der Waals surface area contributed by atoms with Gasteiger partial charge in [0.25, 0.3) is 0 Å². The Morgan fingerprint density at radius 3 is 2.81 bits per heavy atom. The van der Waals surface area contributed by atoms with Crippen molar-refractivity contribution in [3.63, 3.8) is 0 Å². The number of nitrogens with zero attached hydrogens (tertiary/aromatic N) is 2. The van der Waals surface area contributed by atoms with Gasteiger partial charge in [-0.15, -0.1) is 0 Å². The molecule has 2 saturated heterocycles. The van der Waals surface area contributed by atoms with Crippen LogP contribution in [-0.4, -0.2) is 40.1 Å². The Hall–Kier alpha value is -1.36. The van der Waals surface area contributed by atoms with Crippen molar-refractivity contribution in [2.24, 2.45) is 5.92 Å². The topological polar surface area (TPSA) is 61.0 Å². The summed E-state index contributed by atoms with van der Waals surface area (Å²) in [7, 11) is 0. The fraction of sp³-hybridized carbons (Fsp3) is 0.750. The highest BCUT2D eigenvalue weighted by molar-refractivity contribution is 5.80. The number of rotatable bonds is 2. The van der Waals surface area contributed by atoms with Crippen LogP contribution in [0.3, 0.4) is 0 Å². The molecule has 2 N–H and O–H groups in total. The van der Waals surface area contributed by atoms with E-state index < -0.39 is 0 Å². The number of hydrogen-bond donors (Lipinski definition) is 2. The molecule has 0 spiro atoms. The minimum atomic E-state index is 0.189. The highest BCUT2D eigenvalue weighted by Gasteiger charge is 2.37. The number of aromatic nitrogens is 2. The molecule has 3 rings (SSSR count). The SMILES string of the molecule is Cc1n[nH]c(C)c1C1CCCN1C(=O)[C@H]1CCN[C@@H](C)C1. The summed E-state index contributed by atoms with van der Waals surface area (Å²) in [4.78, 5) is 15.1. The molecule has 0 aromatic carbocycles. The fourth-order valence-corrected chi connectivity index (χ4v) is 3.97. The summed E-state index contributed by atoms with van der Waals surface area (Å²) in [6, 6.07) is 0.674. The second-order valence-electron chi connectivity index (χ2n) is 6.61. The Morgan fingerprint density at radius 2 is 2.14 bits per heavy atom.